The van der Waals surface area contributed by atoms with Gasteiger partial charge in [-0.3, -0.25) is 9.59 Å². The molecule has 0 unspecified atom stereocenters. The summed E-state index contributed by atoms with van der Waals surface area (Å²) in [4.78, 5) is 28.7. The molecule has 2 atom stereocenters. The van der Waals surface area contributed by atoms with E-state index >= 15 is 0 Å². The van der Waals surface area contributed by atoms with Gasteiger partial charge in [0.1, 0.15) is 5.75 Å². The highest BCUT2D eigenvalue weighted by Crippen LogP contribution is 2.42. The first kappa shape index (κ1) is 18.3. The lowest BCUT2D eigenvalue weighted by Gasteiger charge is -2.30. The maximum atomic E-state index is 12.9. The zero-order valence-electron chi connectivity index (χ0n) is 14.8. The average molecular weight is 334 g/mol. The van der Waals surface area contributed by atoms with Crippen molar-refractivity contribution in [1.29, 1.82) is 0 Å². The van der Waals surface area contributed by atoms with E-state index in [0.29, 0.717) is 25.4 Å². The van der Waals surface area contributed by atoms with Crippen molar-refractivity contribution >= 4 is 11.8 Å². The Morgan fingerprint density at radius 3 is 2.67 bits per heavy atom. The van der Waals surface area contributed by atoms with Crippen LogP contribution in [-0.2, 0) is 14.3 Å². The Morgan fingerprint density at radius 2 is 2.04 bits per heavy atom. The topological polar surface area (TPSA) is 59.1 Å². The monoisotopic (exact) mass is 334 g/mol. The summed E-state index contributed by atoms with van der Waals surface area (Å²) in [5.41, 5.74) is 0.881. The minimum absolute atomic E-state index is 0.00639. The Bertz CT molecular complexity index is 590. The Morgan fingerprint density at radius 1 is 1.33 bits per heavy atom. The summed E-state index contributed by atoms with van der Waals surface area (Å²) in [6.07, 6.45) is 0.229. The van der Waals surface area contributed by atoms with E-state index in [1.807, 2.05) is 31.2 Å². The molecular weight excluding hydrogens is 308 g/mol. The molecule has 0 aliphatic carbocycles. The van der Waals surface area contributed by atoms with E-state index in [2.05, 4.69) is 0 Å². The third-order valence-corrected chi connectivity index (χ3v) is 4.55. The van der Waals surface area contributed by atoms with Gasteiger partial charge < -0.3 is 19.3 Å². The molecule has 1 aromatic rings. The van der Waals surface area contributed by atoms with Crippen LogP contribution in [0, 0.1) is 5.92 Å². The highest BCUT2D eigenvalue weighted by Gasteiger charge is 2.45. The van der Waals surface area contributed by atoms with Crippen LogP contribution in [0.15, 0.2) is 24.3 Å². The highest BCUT2D eigenvalue weighted by molar-refractivity contribution is 5.90. The van der Waals surface area contributed by atoms with E-state index in [1.165, 1.54) is 0 Å². The van der Waals surface area contributed by atoms with Crippen molar-refractivity contribution in [3.63, 3.8) is 0 Å². The number of hydrogen-bond donors (Lipinski definition) is 0. The Kier molecular flexibility index (Phi) is 6.20. The largest absolute Gasteiger partial charge is 0.496 e. The summed E-state index contributed by atoms with van der Waals surface area (Å²) in [6.45, 7) is 3.47. The second-order valence-electron chi connectivity index (χ2n) is 5.93. The molecule has 2 amide bonds. The molecule has 0 aromatic heterocycles. The van der Waals surface area contributed by atoms with E-state index in [4.69, 9.17) is 9.47 Å². The van der Waals surface area contributed by atoms with Crippen LogP contribution in [0.5, 0.6) is 5.75 Å². The molecule has 2 rings (SSSR count). The molecule has 6 nitrogen and oxygen atoms in total. The molecule has 132 valence electrons. The average Bonchev–Trinajstić information content (AvgIpc) is 2.94. The van der Waals surface area contributed by atoms with E-state index in [1.54, 1.807) is 31.1 Å². The van der Waals surface area contributed by atoms with Crippen LogP contribution in [0.3, 0.4) is 0 Å². The summed E-state index contributed by atoms with van der Waals surface area (Å²) in [7, 11) is 4.96. The predicted octanol–water partition coefficient (Wildman–Crippen LogP) is 1.71. The lowest BCUT2D eigenvalue weighted by Crippen LogP contribution is -2.38. The van der Waals surface area contributed by atoms with Crippen LogP contribution in [0.25, 0.3) is 0 Å². The normalized spacial score (nSPS) is 20.3. The van der Waals surface area contributed by atoms with Gasteiger partial charge in [-0.25, -0.2) is 0 Å². The van der Waals surface area contributed by atoms with Crippen molar-refractivity contribution in [1.82, 2.24) is 9.80 Å². The second kappa shape index (κ2) is 8.15. The van der Waals surface area contributed by atoms with Gasteiger partial charge in [0.15, 0.2) is 0 Å². The minimum Gasteiger partial charge on any atom is -0.496 e. The molecule has 1 fully saturated rings. The fraction of sp³-hybridized carbons (Fsp3) is 0.556. The fourth-order valence-electron chi connectivity index (χ4n) is 3.30. The molecule has 0 bridgehead atoms. The number of nitrogens with zero attached hydrogens (tertiary/aromatic N) is 2. The van der Waals surface area contributed by atoms with Gasteiger partial charge in [0.25, 0.3) is 0 Å². The van der Waals surface area contributed by atoms with Gasteiger partial charge in [-0.1, -0.05) is 18.2 Å². The minimum atomic E-state index is -0.407. The van der Waals surface area contributed by atoms with Crippen molar-refractivity contribution < 1.29 is 19.1 Å². The molecule has 1 heterocycles. The lowest BCUT2D eigenvalue weighted by atomic mass is 9.91. The molecule has 6 heteroatoms. The van der Waals surface area contributed by atoms with Gasteiger partial charge in [0.2, 0.25) is 11.8 Å². The van der Waals surface area contributed by atoms with E-state index in [9.17, 15) is 9.59 Å². The Hall–Kier alpha value is -2.08. The smallest absolute Gasteiger partial charge is 0.228 e. The van der Waals surface area contributed by atoms with Crippen molar-refractivity contribution in [2.45, 2.75) is 19.4 Å². The number of carbonyl (C=O) groups excluding carboxylic acids is 2. The highest BCUT2D eigenvalue weighted by atomic mass is 16.5. The summed E-state index contributed by atoms with van der Waals surface area (Å²) in [5.74, 6) is 0.266. The third kappa shape index (κ3) is 3.53. The first-order valence-corrected chi connectivity index (χ1v) is 8.21. The maximum absolute atomic E-state index is 12.9. The van der Waals surface area contributed by atoms with Crippen LogP contribution >= 0.6 is 0 Å². The number of amides is 2. The number of para-hydroxylation sites is 1. The molecule has 24 heavy (non-hydrogen) atoms. The predicted molar refractivity (Wildman–Crippen MR) is 90.7 cm³/mol. The van der Waals surface area contributed by atoms with Crippen LogP contribution in [-0.4, -0.2) is 62.6 Å². The van der Waals surface area contributed by atoms with Crippen LogP contribution in [0.4, 0.5) is 0 Å². The quantitative estimate of drug-likeness (QED) is 0.762. The number of carbonyl (C=O) groups is 2. The number of benzene rings is 1. The summed E-state index contributed by atoms with van der Waals surface area (Å²) < 4.78 is 10.5. The maximum Gasteiger partial charge on any atom is 0.228 e. The molecule has 1 saturated heterocycles. The number of hydrogen-bond acceptors (Lipinski definition) is 4. The molecule has 0 spiro atoms. The van der Waals surface area contributed by atoms with Gasteiger partial charge in [-0.2, -0.15) is 0 Å². The number of likely N-dealkylation sites (tertiary alicyclic amines) is 1. The zero-order chi connectivity index (χ0) is 17.7. The molecule has 0 radical (unpaired) electrons. The fourth-order valence-corrected chi connectivity index (χ4v) is 3.30. The summed E-state index contributed by atoms with van der Waals surface area (Å²) >= 11 is 0. The lowest BCUT2D eigenvalue weighted by molar-refractivity contribution is -0.135. The first-order chi connectivity index (χ1) is 11.5. The van der Waals surface area contributed by atoms with E-state index in [-0.39, 0.29) is 24.3 Å². The first-order valence-electron chi connectivity index (χ1n) is 8.21. The standard InChI is InChI=1S/C18H26N2O4/c1-5-20-16(21)12-14(18(22)19(2)10-11-23-3)17(20)13-8-6-7-9-15(13)24-4/h6-9,14,17H,5,10-12H2,1-4H3/t14-,17+/m1/s1. The van der Waals surface area contributed by atoms with Gasteiger partial charge in [-0.05, 0) is 13.0 Å². The van der Waals surface area contributed by atoms with E-state index in [0.717, 1.165) is 5.56 Å². The second-order valence-corrected chi connectivity index (χ2v) is 5.93. The third-order valence-electron chi connectivity index (χ3n) is 4.55. The number of ether oxygens (including phenoxy) is 2. The molecule has 1 aliphatic rings. The van der Waals surface area contributed by atoms with Crippen molar-refractivity contribution in [3.05, 3.63) is 29.8 Å². The SMILES string of the molecule is CCN1C(=O)C[C@@H](C(=O)N(C)CCOC)[C@@H]1c1ccccc1OC. The van der Waals surface area contributed by atoms with Crippen molar-refractivity contribution in [3.8, 4) is 5.75 Å². The number of methoxy groups -OCH3 is 2. The van der Waals surface area contributed by atoms with Crippen LogP contribution in [0.2, 0.25) is 0 Å². The van der Waals surface area contributed by atoms with Gasteiger partial charge in [-0.15, -0.1) is 0 Å². The number of rotatable bonds is 7. The van der Waals surface area contributed by atoms with E-state index < -0.39 is 5.92 Å². The van der Waals surface area contributed by atoms with Crippen LogP contribution in [0.1, 0.15) is 24.9 Å². The number of likely N-dealkylation sites (N-methyl/N-ethyl adjacent to an activating group) is 1. The van der Waals surface area contributed by atoms with Crippen molar-refractivity contribution in [2.75, 3.05) is 41.0 Å². The molecular formula is C18H26N2O4. The summed E-state index contributed by atoms with van der Waals surface area (Å²) in [5, 5.41) is 0. The van der Waals surface area contributed by atoms with Crippen molar-refractivity contribution in [2.24, 2.45) is 5.92 Å². The molecule has 1 aromatic carbocycles. The van der Waals surface area contributed by atoms with Gasteiger partial charge in [0.05, 0.1) is 25.7 Å². The molecule has 0 saturated carbocycles. The van der Waals surface area contributed by atoms with Crippen LogP contribution < -0.4 is 4.74 Å². The summed E-state index contributed by atoms with van der Waals surface area (Å²) in [6, 6.07) is 7.29. The molecule has 0 N–H and O–H groups in total. The molecule has 1 aliphatic heterocycles. The van der Waals surface area contributed by atoms with Gasteiger partial charge >= 0.3 is 0 Å². The van der Waals surface area contributed by atoms with Gasteiger partial charge in [0, 0.05) is 39.2 Å². The Balaban J connectivity index is 2.35. The Labute approximate surface area is 143 Å². The zero-order valence-corrected chi connectivity index (χ0v) is 14.8.